The van der Waals surface area contributed by atoms with Gasteiger partial charge >= 0.3 is 0 Å². The molecular weight excluding hydrogens is 425 g/mol. The predicted octanol–water partition coefficient (Wildman–Crippen LogP) is 6.03. The average molecular weight is 440 g/mol. The molecular formula is C23H15Cl2NO4. The molecule has 0 atom stereocenters. The Kier molecular flexibility index (Phi) is 5.48. The van der Waals surface area contributed by atoms with Crippen molar-refractivity contribution in [2.45, 2.75) is 0 Å². The molecule has 0 unspecified atom stereocenters. The van der Waals surface area contributed by atoms with E-state index in [1.54, 1.807) is 67.8 Å². The zero-order valence-corrected chi connectivity index (χ0v) is 17.3. The van der Waals surface area contributed by atoms with Crippen LogP contribution in [0.3, 0.4) is 0 Å². The Morgan fingerprint density at radius 1 is 0.967 bits per heavy atom. The third-order valence-electron chi connectivity index (χ3n) is 4.54. The number of carbonyl (C=O) groups is 1. The van der Waals surface area contributed by atoms with E-state index >= 15 is 0 Å². The summed E-state index contributed by atoms with van der Waals surface area (Å²) in [6.07, 6.45) is 0. The summed E-state index contributed by atoms with van der Waals surface area (Å²) in [6.45, 7) is 0. The lowest BCUT2D eigenvalue weighted by atomic mass is 10.0. The minimum atomic E-state index is -0.433. The first kappa shape index (κ1) is 20.0. The van der Waals surface area contributed by atoms with Crippen molar-refractivity contribution in [1.29, 1.82) is 0 Å². The average Bonchev–Trinajstić information content (AvgIpc) is 2.74. The number of fused-ring (bicyclic) bond motifs is 1. The van der Waals surface area contributed by atoms with E-state index in [-0.39, 0.29) is 16.9 Å². The summed E-state index contributed by atoms with van der Waals surface area (Å²) < 4.78 is 11.0. The van der Waals surface area contributed by atoms with Gasteiger partial charge in [-0.1, -0.05) is 35.3 Å². The number of amides is 1. The molecule has 30 heavy (non-hydrogen) atoms. The highest BCUT2D eigenvalue weighted by Crippen LogP contribution is 2.31. The summed E-state index contributed by atoms with van der Waals surface area (Å²) in [5.74, 6) is 0.218. The van der Waals surface area contributed by atoms with Crippen LogP contribution in [0.2, 0.25) is 10.0 Å². The Bertz CT molecular complexity index is 1310. The number of halogens is 2. The molecule has 0 aliphatic carbocycles. The Hall–Kier alpha value is -3.28. The number of nitrogens with one attached hydrogen (secondary N) is 1. The van der Waals surface area contributed by atoms with E-state index < -0.39 is 5.91 Å². The van der Waals surface area contributed by atoms with E-state index in [1.807, 2.05) is 0 Å². The summed E-state index contributed by atoms with van der Waals surface area (Å²) in [4.78, 5) is 26.1. The van der Waals surface area contributed by atoms with Crippen LogP contribution < -0.4 is 15.5 Å². The van der Waals surface area contributed by atoms with Crippen LogP contribution in [0.25, 0.3) is 22.1 Å². The van der Waals surface area contributed by atoms with E-state index in [2.05, 4.69) is 5.32 Å². The second kappa shape index (κ2) is 8.22. The number of carbonyl (C=O) groups excluding carboxylic acids is 1. The number of hydrogen-bond acceptors (Lipinski definition) is 4. The lowest BCUT2D eigenvalue weighted by Gasteiger charge is -2.12. The van der Waals surface area contributed by atoms with Crippen LogP contribution in [-0.2, 0) is 0 Å². The molecule has 4 rings (SSSR count). The van der Waals surface area contributed by atoms with Crippen molar-refractivity contribution in [2.75, 3.05) is 12.4 Å². The summed E-state index contributed by atoms with van der Waals surface area (Å²) in [7, 11) is 1.54. The molecule has 3 aromatic carbocycles. The second-order valence-corrected chi connectivity index (χ2v) is 7.34. The van der Waals surface area contributed by atoms with E-state index in [0.29, 0.717) is 37.9 Å². The first-order chi connectivity index (χ1) is 14.5. The van der Waals surface area contributed by atoms with Gasteiger partial charge in [-0.15, -0.1) is 0 Å². The van der Waals surface area contributed by atoms with Crippen molar-refractivity contribution in [1.82, 2.24) is 0 Å². The molecule has 0 radical (unpaired) electrons. The molecule has 0 saturated heterocycles. The minimum absolute atomic E-state index is 0.0258. The van der Waals surface area contributed by atoms with Gasteiger partial charge in [0.15, 0.2) is 0 Å². The van der Waals surface area contributed by atoms with Gasteiger partial charge in [0.25, 0.3) is 5.91 Å². The van der Waals surface area contributed by atoms with Gasteiger partial charge in [-0.3, -0.25) is 14.9 Å². The predicted molar refractivity (Wildman–Crippen MR) is 119 cm³/mol. The Morgan fingerprint density at radius 3 is 2.40 bits per heavy atom. The van der Waals surface area contributed by atoms with Gasteiger partial charge in [-0.25, -0.2) is 0 Å². The van der Waals surface area contributed by atoms with Crippen molar-refractivity contribution >= 4 is 46.0 Å². The fourth-order valence-corrected chi connectivity index (χ4v) is 3.44. The van der Waals surface area contributed by atoms with Crippen molar-refractivity contribution in [3.63, 3.8) is 0 Å². The SMILES string of the molecule is COc1ccc(C(=O)Nc2oc3ccc(Cl)cc3c(=O)c2-c2cccc(Cl)c2)cc1. The summed E-state index contributed by atoms with van der Waals surface area (Å²) in [5, 5.41) is 3.87. The zero-order chi connectivity index (χ0) is 21.3. The van der Waals surface area contributed by atoms with Crippen LogP contribution in [0.4, 0.5) is 5.88 Å². The van der Waals surface area contributed by atoms with Crippen molar-refractivity contribution in [3.8, 4) is 16.9 Å². The molecule has 1 amide bonds. The van der Waals surface area contributed by atoms with Gasteiger partial charge in [0.05, 0.1) is 18.1 Å². The van der Waals surface area contributed by atoms with Crippen LogP contribution >= 0.6 is 23.2 Å². The highest BCUT2D eigenvalue weighted by Gasteiger charge is 2.19. The van der Waals surface area contributed by atoms with Gasteiger partial charge in [0.2, 0.25) is 11.3 Å². The van der Waals surface area contributed by atoms with Crippen molar-refractivity contribution in [3.05, 3.63) is 92.6 Å². The molecule has 0 saturated carbocycles. The second-order valence-electron chi connectivity index (χ2n) is 6.47. The number of hydrogen-bond donors (Lipinski definition) is 1. The standard InChI is InChI=1S/C23H15Cl2NO4/c1-29-17-8-5-13(6-9-17)22(28)26-23-20(14-3-2-4-15(24)11-14)21(27)18-12-16(25)7-10-19(18)30-23/h2-12H,1H3,(H,26,28). The molecule has 5 nitrogen and oxygen atoms in total. The normalized spacial score (nSPS) is 10.8. The van der Waals surface area contributed by atoms with Crippen LogP contribution in [0.1, 0.15) is 10.4 Å². The Balaban J connectivity index is 1.86. The van der Waals surface area contributed by atoms with E-state index in [9.17, 15) is 9.59 Å². The van der Waals surface area contributed by atoms with E-state index in [4.69, 9.17) is 32.4 Å². The summed E-state index contributed by atoms with van der Waals surface area (Å²) >= 11 is 12.2. The number of methoxy groups -OCH3 is 1. The maximum absolute atomic E-state index is 13.3. The van der Waals surface area contributed by atoms with Crippen LogP contribution in [0.5, 0.6) is 5.75 Å². The van der Waals surface area contributed by atoms with Gasteiger partial charge in [-0.2, -0.15) is 0 Å². The van der Waals surface area contributed by atoms with Gasteiger partial charge in [0.1, 0.15) is 11.3 Å². The molecule has 0 bridgehead atoms. The lowest BCUT2D eigenvalue weighted by Crippen LogP contribution is -2.16. The molecule has 7 heteroatoms. The van der Waals surface area contributed by atoms with E-state index in [0.717, 1.165) is 0 Å². The molecule has 0 spiro atoms. The lowest BCUT2D eigenvalue weighted by molar-refractivity contribution is 0.102. The Morgan fingerprint density at radius 2 is 1.70 bits per heavy atom. The monoisotopic (exact) mass is 439 g/mol. The zero-order valence-electron chi connectivity index (χ0n) is 15.7. The van der Waals surface area contributed by atoms with Gasteiger partial charge < -0.3 is 9.15 Å². The Labute approximate surface area is 181 Å². The number of anilines is 1. The van der Waals surface area contributed by atoms with Crippen molar-refractivity contribution in [2.24, 2.45) is 0 Å². The largest absolute Gasteiger partial charge is 0.497 e. The highest BCUT2D eigenvalue weighted by molar-refractivity contribution is 6.31. The number of rotatable bonds is 4. The topological polar surface area (TPSA) is 68.5 Å². The molecule has 150 valence electrons. The third-order valence-corrected chi connectivity index (χ3v) is 5.02. The fourth-order valence-electron chi connectivity index (χ4n) is 3.08. The van der Waals surface area contributed by atoms with Crippen molar-refractivity contribution < 1.29 is 13.9 Å². The maximum atomic E-state index is 13.3. The molecule has 0 aliphatic heterocycles. The molecule has 1 N–H and O–H groups in total. The number of ether oxygens (including phenoxy) is 1. The number of benzene rings is 3. The minimum Gasteiger partial charge on any atom is -0.497 e. The molecule has 0 fully saturated rings. The first-order valence-corrected chi connectivity index (χ1v) is 9.69. The molecule has 4 aromatic rings. The maximum Gasteiger partial charge on any atom is 0.257 e. The molecule has 1 aromatic heterocycles. The van der Waals surface area contributed by atoms with E-state index in [1.165, 1.54) is 6.07 Å². The van der Waals surface area contributed by atoms with Crippen LogP contribution in [0.15, 0.2) is 75.9 Å². The quantitative estimate of drug-likeness (QED) is 0.421. The molecule has 1 heterocycles. The molecule has 0 aliphatic rings. The van der Waals surface area contributed by atoms with Gasteiger partial charge in [-0.05, 0) is 60.2 Å². The van der Waals surface area contributed by atoms with Crippen LogP contribution in [-0.4, -0.2) is 13.0 Å². The summed E-state index contributed by atoms with van der Waals surface area (Å²) in [5.41, 5.74) is 1.07. The summed E-state index contributed by atoms with van der Waals surface area (Å²) in [6, 6.07) is 18.1. The highest BCUT2D eigenvalue weighted by atomic mass is 35.5. The van der Waals surface area contributed by atoms with Gasteiger partial charge in [0, 0.05) is 15.6 Å². The fraction of sp³-hybridized carbons (Fsp3) is 0.0435. The van der Waals surface area contributed by atoms with Crippen LogP contribution in [0, 0.1) is 0 Å². The first-order valence-electron chi connectivity index (χ1n) is 8.94. The third kappa shape index (κ3) is 3.90. The smallest absolute Gasteiger partial charge is 0.257 e.